The number of carbonyl (C=O) groups excluding carboxylic acids is 2. The lowest BCUT2D eigenvalue weighted by Gasteiger charge is -2.43. The zero-order valence-corrected chi connectivity index (χ0v) is 13.1. The van der Waals surface area contributed by atoms with Crippen LogP contribution in [-0.2, 0) is 9.59 Å². The van der Waals surface area contributed by atoms with Crippen LogP contribution in [0, 0.1) is 0 Å². The lowest BCUT2D eigenvalue weighted by Crippen LogP contribution is -2.51. The number of aldehydes is 1. The van der Waals surface area contributed by atoms with Crippen molar-refractivity contribution < 1.29 is 9.59 Å². The van der Waals surface area contributed by atoms with Gasteiger partial charge in [-0.1, -0.05) is 18.7 Å². The van der Waals surface area contributed by atoms with Crippen molar-refractivity contribution in [2.45, 2.75) is 25.8 Å². The van der Waals surface area contributed by atoms with Gasteiger partial charge in [0.05, 0.1) is 11.4 Å². The van der Waals surface area contributed by atoms with Crippen LogP contribution in [0.2, 0.25) is 0 Å². The van der Waals surface area contributed by atoms with Crippen LogP contribution in [0.25, 0.3) is 0 Å². The fourth-order valence-electron chi connectivity index (χ4n) is 2.65. The summed E-state index contributed by atoms with van der Waals surface area (Å²) in [5.74, 6) is -0.0631. The van der Waals surface area contributed by atoms with Gasteiger partial charge in [-0.05, 0) is 19.4 Å². The molecule has 0 spiro atoms. The maximum absolute atomic E-state index is 12.2. The molecule has 1 amide bonds. The van der Waals surface area contributed by atoms with E-state index in [0.717, 1.165) is 30.8 Å². The topological polar surface area (TPSA) is 52.7 Å². The average Bonchev–Trinajstić information content (AvgIpc) is 2.49. The molecule has 1 saturated heterocycles. The summed E-state index contributed by atoms with van der Waals surface area (Å²) in [6, 6.07) is -0.338. The normalized spacial score (nSPS) is 20.5. The van der Waals surface area contributed by atoms with Gasteiger partial charge in [0.1, 0.15) is 12.3 Å². The van der Waals surface area contributed by atoms with Crippen molar-refractivity contribution in [3.63, 3.8) is 0 Å². The van der Waals surface area contributed by atoms with E-state index in [-0.39, 0.29) is 11.9 Å². The molecule has 1 atom stereocenters. The van der Waals surface area contributed by atoms with Gasteiger partial charge < -0.3 is 19.9 Å². The molecule has 5 heteroatoms. The minimum Gasteiger partial charge on any atom is -0.371 e. The third kappa shape index (κ3) is 3.97. The molecule has 0 aromatic heterocycles. The number of nitrogens with zero attached hydrogens (tertiary/aromatic N) is 2. The smallest absolute Gasteiger partial charge is 0.242 e. The van der Waals surface area contributed by atoms with Gasteiger partial charge in [-0.25, -0.2) is 0 Å². The molecule has 1 aliphatic rings. The van der Waals surface area contributed by atoms with Crippen molar-refractivity contribution in [1.82, 2.24) is 15.1 Å². The van der Waals surface area contributed by atoms with Gasteiger partial charge in [-0.2, -0.15) is 0 Å². The van der Waals surface area contributed by atoms with Gasteiger partial charge in [-0.3, -0.25) is 4.79 Å². The maximum Gasteiger partial charge on any atom is 0.242 e. The van der Waals surface area contributed by atoms with E-state index in [2.05, 4.69) is 21.7 Å². The second-order valence-electron chi connectivity index (χ2n) is 4.95. The lowest BCUT2D eigenvalue weighted by molar-refractivity contribution is -0.125. The number of nitrogens with one attached hydrogen (secondary N) is 1. The van der Waals surface area contributed by atoms with E-state index in [1.807, 2.05) is 26.1 Å². The average molecular weight is 291 g/mol. The first kappa shape index (κ1) is 17.0. The number of carbonyl (C=O) groups is 2. The van der Waals surface area contributed by atoms with Crippen molar-refractivity contribution in [2.24, 2.45) is 0 Å². The summed E-state index contributed by atoms with van der Waals surface area (Å²) < 4.78 is 0. The van der Waals surface area contributed by atoms with Crippen LogP contribution in [0.5, 0.6) is 0 Å². The van der Waals surface area contributed by atoms with Crippen LogP contribution < -0.4 is 5.32 Å². The van der Waals surface area contributed by atoms with E-state index >= 15 is 0 Å². The monoisotopic (exact) mass is 291 g/mol. The SMILES string of the molecule is C=C/C=C1\C(=C/C)N(C)CCN1C(CCC=O)C(=O)NC. The molecule has 0 aromatic rings. The van der Waals surface area contributed by atoms with Gasteiger partial charge in [0, 0.05) is 33.6 Å². The van der Waals surface area contributed by atoms with E-state index < -0.39 is 0 Å². The molecule has 116 valence electrons. The standard InChI is InChI=1S/C16H25N3O2/c1-5-8-14-13(6-2)18(4)10-11-19(14)15(9-7-12-20)16(21)17-3/h5-6,8,12,15H,1,7,9-11H2,2-4H3,(H,17,21)/b13-6+,14-8+. The molecule has 21 heavy (non-hydrogen) atoms. The molecule has 1 rings (SSSR count). The van der Waals surface area contributed by atoms with Gasteiger partial charge in [0.25, 0.3) is 0 Å². The number of rotatable bonds is 6. The number of allylic oxidation sites excluding steroid dienone is 3. The van der Waals surface area contributed by atoms with Crippen LogP contribution >= 0.6 is 0 Å². The highest BCUT2D eigenvalue weighted by Crippen LogP contribution is 2.27. The predicted molar refractivity (Wildman–Crippen MR) is 84.5 cm³/mol. The third-order valence-corrected chi connectivity index (χ3v) is 3.69. The van der Waals surface area contributed by atoms with E-state index in [1.54, 1.807) is 13.1 Å². The summed E-state index contributed by atoms with van der Waals surface area (Å²) in [6.07, 6.45) is 7.42. The highest BCUT2D eigenvalue weighted by molar-refractivity contribution is 5.82. The molecule has 0 aromatic carbocycles. The molecule has 1 unspecified atom stereocenters. The molecule has 1 heterocycles. The molecular weight excluding hydrogens is 266 g/mol. The van der Waals surface area contributed by atoms with Crippen LogP contribution in [0.15, 0.2) is 36.2 Å². The highest BCUT2D eigenvalue weighted by Gasteiger charge is 2.31. The Hall–Kier alpha value is -2.04. The Morgan fingerprint density at radius 3 is 2.67 bits per heavy atom. The van der Waals surface area contributed by atoms with Gasteiger partial charge in [0.2, 0.25) is 5.91 Å². The zero-order chi connectivity index (χ0) is 15.8. The Morgan fingerprint density at radius 2 is 2.14 bits per heavy atom. The summed E-state index contributed by atoms with van der Waals surface area (Å²) in [7, 11) is 3.66. The third-order valence-electron chi connectivity index (χ3n) is 3.69. The quantitative estimate of drug-likeness (QED) is 0.750. The Kier molecular flexibility index (Phi) is 6.72. The summed E-state index contributed by atoms with van der Waals surface area (Å²) in [5, 5.41) is 2.70. The minimum absolute atomic E-state index is 0.0631. The van der Waals surface area contributed by atoms with Gasteiger partial charge in [-0.15, -0.1) is 0 Å². The number of amides is 1. The number of likely N-dealkylation sites (N-methyl/N-ethyl adjacent to an activating group) is 2. The molecule has 1 N–H and O–H groups in total. The summed E-state index contributed by atoms with van der Waals surface area (Å²) >= 11 is 0. The molecule has 1 fully saturated rings. The lowest BCUT2D eigenvalue weighted by atomic mass is 10.0. The van der Waals surface area contributed by atoms with Crippen LogP contribution in [0.4, 0.5) is 0 Å². The number of piperazine rings is 1. The van der Waals surface area contributed by atoms with Crippen molar-refractivity contribution >= 4 is 12.2 Å². The van der Waals surface area contributed by atoms with Crippen molar-refractivity contribution in [1.29, 1.82) is 0 Å². The minimum atomic E-state index is -0.338. The van der Waals surface area contributed by atoms with Crippen molar-refractivity contribution in [3.8, 4) is 0 Å². The molecule has 0 aliphatic carbocycles. The van der Waals surface area contributed by atoms with Crippen LogP contribution in [0.3, 0.4) is 0 Å². The molecule has 0 saturated carbocycles. The Balaban J connectivity index is 3.14. The fourth-order valence-corrected chi connectivity index (χ4v) is 2.65. The second kappa shape index (κ2) is 8.29. The maximum atomic E-state index is 12.2. The summed E-state index contributed by atoms with van der Waals surface area (Å²) in [5.41, 5.74) is 2.04. The second-order valence-corrected chi connectivity index (χ2v) is 4.95. The zero-order valence-electron chi connectivity index (χ0n) is 13.1. The van der Waals surface area contributed by atoms with E-state index in [0.29, 0.717) is 12.8 Å². The molecule has 0 radical (unpaired) electrons. The molecule has 1 aliphatic heterocycles. The van der Waals surface area contributed by atoms with Gasteiger partial charge in [0.15, 0.2) is 0 Å². The number of hydrogen-bond donors (Lipinski definition) is 1. The Labute approximate surface area is 127 Å². The highest BCUT2D eigenvalue weighted by atomic mass is 16.2. The molecule has 5 nitrogen and oxygen atoms in total. The first-order chi connectivity index (χ1) is 10.1. The van der Waals surface area contributed by atoms with Crippen molar-refractivity contribution in [2.75, 3.05) is 27.2 Å². The number of hydrogen-bond acceptors (Lipinski definition) is 4. The Bertz CT molecular complexity index is 454. The largest absolute Gasteiger partial charge is 0.371 e. The van der Waals surface area contributed by atoms with Crippen LogP contribution in [-0.4, -0.2) is 55.2 Å². The van der Waals surface area contributed by atoms with Crippen molar-refractivity contribution in [3.05, 3.63) is 36.2 Å². The summed E-state index contributed by atoms with van der Waals surface area (Å²) in [6.45, 7) is 7.32. The molecular formula is C16H25N3O2. The first-order valence-corrected chi connectivity index (χ1v) is 7.23. The summed E-state index contributed by atoms with van der Waals surface area (Å²) in [4.78, 5) is 27.1. The predicted octanol–water partition coefficient (Wildman–Crippen LogP) is 1.30. The van der Waals surface area contributed by atoms with E-state index in [9.17, 15) is 9.59 Å². The van der Waals surface area contributed by atoms with Gasteiger partial charge >= 0.3 is 0 Å². The Morgan fingerprint density at radius 1 is 1.43 bits per heavy atom. The van der Waals surface area contributed by atoms with E-state index in [1.165, 1.54) is 0 Å². The fraction of sp³-hybridized carbons (Fsp3) is 0.500. The van der Waals surface area contributed by atoms with E-state index in [4.69, 9.17) is 0 Å². The first-order valence-electron chi connectivity index (χ1n) is 7.23. The van der Waals surface area contributed by atoms with Crippen LogP contribution in [0.1, 0.15) is 19.8 Å². The molecule has 0 bridgehead atoms.